The second-order valence-corrected chi connectivity index (χ2v) is 42.8. The number of benzene rings is 3. The molecule has 42 heteroatoms. The summed E-state index contributed by atoms with van der Waals surface area (Å²) in [5.41, 5.74) is 6.52. The molecule has 0 spiro atoms. The highest BCUT2D eigenvalue weighted by Gasteiger charge is 2.34. The van der Waals surface area contributed by atoms with E-state index in [0.29, 0.717) is 89.9 Å². The Hall–Kier alpha value is -8.14. The molecule has 0 unspecified atom stereocenters. The summed E-state index contributed by atoms with van der Waals surface area (Å²) in [7, 11) is -11.9. The van der Waals surface area contributed by atoms with Gasteiger partial charge in [0.15, 0.2) is 22.6 Å². The second-order valence-electron chi connectivity index (χ2n) is 34.8. The number of nitrogens with one attached hydrogen (secondary N) is 5. The Kier molecular flexibility index (Phi) is 37.3. The van der Waals surface area contributed by atoms with Crippen molar-refractivity contribution in [3.8, 4) is 22.5 Å². The Balaban J connectivity index is 0.000000142. The van der Waals surface area contributed by atoms with E-state index in [1.165, 1.54) is 28.6 Å². The highest BCUT2D eigenvalue weighted by Crippen LogP contribution is 2.40. The molecule has 4 aliphatic carbocycles. The Labute approximate surface area is 795 Å². The number of aromatic nitrogens is 16. The molecule has 7 fully saturated rings. The summed E-state index contributed by atoms with van der Waals surface area (Å²) in [5.74, 6) is 2.46. The fraction of sp³-hybridized carbons (Fsp3) is 0.578. The van der Waals surface area contributed by atoms with Gasteiger partial charge in [0, 0.05) is 107 Å². The first kappa shape index (κ1) is 101. The quantitative estimate of drug-likeness (QED) is 0.0123. The Morgan fingerprint density at radius 1 is 0.402 bits per heavy atom. The number of anilines is 4. The number of halogens is 3. The Bertz CT molecular complexity index is 5640. The largest absolute Gasteiger partial charge is 0.488 e. The van der Waals surface area contributed by atoms with Gasteiger partial charge in [-0.25, -0.2) is 59.2 Å². The third kappa shape index (κ3) is 26.4. The maximum atomic E-state index is 12.9. The summed E-state index contributed by atoms with van der Waals surface area (Å²) in [6, 6.07) is 20.2. The summed E-state index contributed by atoms with van der Waals surface area (Å²) < 4.78 is 88.1. The average Bonchev–Trinajstić information content (AvgIpc) is 1.62. The van der Waals surface area contributed by atoms with Gasteiger partial charge in [0.1, 0.15) is 20.6 Å². The van der Waals surface area contributed by atoms with E-state index < -0.39 is 37.2 Å². The molecular formula is C90H127BBr2ClN23O12S3. The fourth-order valence-corrected chi connectivity index (χ4v) is 22.7. The molecule has 3 saturated heterocycles. The van der Waals surface area contributed by atoms with Crippen molar-refractivity contribution in [2.24, 2.45) is 0 Å². The van der Waals surface area contributed by atoms with Crippen LogP contribution in [0.25, 0.3) is 66.6 Å². The van der Waals surface area contributed by atoms with Gasteiger partial charge in [0.25, 0.3) is 0 Å². The van der Waals surface area contributed by atoms with E-state index in [1.807, 2.05) is 56.9 Å². The van der Waals surface area contributed by atoms with E-state index in [0.717, 1.165) is 289 Å². The number of unbranched alkanes of at least 4 members (excludes halogenated alkanes) is 4. The van der Waals surface area contributed by atoms with Crippen LogP contribution in [0.2, 0.25) is 0 Å². The number of H-pyrrole nitrogens is 1. The summed E-state index contributed by atoms with van der Waals surface area (Å²) >= 11 is 12.6. The van der Waals surface area contributed by atoms with E-state index in [-0.39, 0.29) is 46.9 Å². The van der Waals surface area contributed by atoms with Gasteiger partial charge in [-0.3, -0.25) is 5.10 Å². The van der Waals surface area contributed by atoms with Gasteiger partial charge in [0.05, 0.1) is 78.8 Å². The molecule has 7 aliphatic rings. The van der Waals surface area contributed by atoms with Crippen LogP contribution in [0.5, 0.6) is 0 Å². The van der Waals surface area contributed by atoms with Crippen LogP contribution in [0, 0.1) is 0 Å². The Morgan fingerprint density at radius 3 is 1.02 bits per heavy atom. The lowest BCUT2D eigenvalue weighted by atomic mass is 9.81. The lowest BCUT2D eigenvalue weighted by molar-refractivity contribution is 0.108. The number of nitrogens with zero attached hydrogens (tertiary/aromatic N) is 18. The van der Waals surface area contributed by atoms with Crippen LogP contribution in [0.4, 0.5) is 23.8 Å². The lowest BCUT2D eigenvalue weighted by Gasteiger charge is -2.25. The smallest absolute Gasteiger partial charge is 0.423 e. The molecule has 8 aromatic heterocycles. The predicted octanol–water partition coefficient (Wildman–Crippen LogP) is 14.2. The molecule has 18 rings (SSSR count). The molecule has 0 radical (unpaired) electrons. The van der Waals surface area contributed by atoms with Crippen molar-refractivity contribution < 1.29 is 55.7 Å². The molecule has 132 heavy (non-hydrogen) atoms. The molecule has 3 aliphatic heterocycles. The summed E-state index contributed by atoms with van der Waals surface area (Å²) in [4.78, 5) is 37.0. The Morgan fingerprint density at radius 2 is 0.697 bits per heavy atom. The van der Waals surface area contributed by atoms with E-state index in [9.17, 15) is 40.6 Å². The minimum absolute atomic E-state index is 0.0648. The van der Waals surface area contributed by atoms with E-state index in [2.05, 4.69) is 126 Å². The first-order chi connectivity index (χ1) is 63.7. The van der Waals surface area contributed by atoms with Gasteiger partial charge in [-0.15, -0.1) is 11.6 Å². The molecule has 11 heterocycles. The number of alkyl halides is 1. The zero-order valence-electron chi connectivity index (χ0n) is 75.8. The van der Waals surface area contributed by atoms with Crippen LogP contribution in [0.1, 0.15) is 238 Å². The molecule has 11 N–H and O–H groups in total. The summed E-state index contributed by atoms with van der Waals surface area (Å²) in [6.45, 7) is 15.5. The minimum atomic E-state index is -3.46. The monoisotopic (exact) mass is 2020 g/mol. The number of sulfonamides is 3. The topological polar surface area (TPSA) is 467 Å². The second kappa shape index (κ2) is 48.5. The zero-order chi connectivity index (χ0) is 93.5. The fourth-order valence-electron chi connectivity index (χ4n) is 17.1. The highest BCUT2D eigenvalue weighted by molar-refractivity contribution is 9.10. The minimum Gasteiger partial charge on any atom is -0.423 e. The number of hydrogen-bond acceptors (Lipinski definition) is 28. The molecule has 4 saturated carbocycles. The highest BCUT2D eigenvalue weighted by atomic mass is 79.9. The van der Waals surface area contributed by atoms with Crippen molar-refractivity contribution in [2.45, 2.75) is 283 Å². The van der Waals surface area contributed by atoms with Gasteiger partial charge < -0.3 is 51.7 Å². The maximum Gasteiger partial charge on any atom is 0.488 e. The van der Waals surface area contributed by atoms with Crippen molar-refractivity contribution in [3.63, 3.8) is 0 Å². The number of aromatic amines is 1. The standard InChI is InChI=1S/2C25H34N6O3S.C15H22BrN5O.C10H14BNO4S.C9H12BrN5.C6H11ClO/c2*1-2-3-14-26-25-27-17-22-23(29-31(24(22)28-25)19-8-10-20(32)11-9-19)18-6-12-21(13-7-18)35(33,34)30-15-4-5-16-30;1-2-3-8-17-15-18-9-12-13(16)20-21(14(12)19-15)10-4-6-11(22)7-5-10;13-11(14)9-3-5-10(6-4-9)17(15,16)12-7-1-2-8-12;1-2-3-4-11-9-12-5-6-7(10)14-15-8(6)13-9;7-5-1-3-6(8)4-2-5/h2*6-7,12-13,17,19-20,32H,2-5,8-11,14-16H2,1H3,(H,26,27,28);9-11,22H,2-8H2,1H3,(H,17,18,19);3-6,13-14H,1-2,7-8H2;5H,2-4H2,1H3,(H2,11,12,13,14,15);5-6,8H,1-4H2. The number of fused-ring (bicyclic) bond motifs is 4. The molecular weight excluding hydrogens is 1900 g/mol. The van der Waals surface area contributed by atoms with Crippen molar-refractivity contribution in [3.05, 3.63) is 107 Å². The molecule has 0 amide bonds. The van der Waals surface area contributed by atoms with Crippen LogP contribution in [-0.2, 0) is 30.1 Å². The van der Waals surface area contributed by atoms with Gasteiger partial charge in [-0.1, -0.05) is 89.8 Å². The SMILES string of the molecule is CCCCNc1ncc2c(-c3ccc(S(=O)(=O)N4CCCC4)cc3)nn(C3CCC(O)CC3)c2n1.CCCCNc1ncc2c(-c3ccc(S(=O)(=O)N4CCCC4)cc3)nn(C3CCC(O)CC3)c2n1.CCCCNc1ncc2c(Br)[nH]nc2n1.CCCCNc1ncc2c(Br)nn(C3CCC(O)CC3)c2n1.O=S(=O)(c1ccc(B(O)O)cc1)N1CCCC1.OC1CCC(Cl)CC1. The maximum absolute atomic E-state index is 12.9. The van der Waals surface area contributed by atoms with E-state index >= 15 is 0 Å². The van der Waals surface area contributed by atoms with Crippen molar-refractivity contribution in [2.75, 3.05) is 86.7 Å². The third-order valence-electron chi connectivity index (χ3n) is 25.0. The predicted molar refractivity (Wildman–Crippen MR) is 522 cm³/mol. The van der Waals surface area contributed by atoms with Crippen LogP contribution in [0.15, 0.2) is 121 Å². The van der Waals surface area contributed by atoms with Gasteiger partial charge in [-0.05, 0) is 241 Å². The van der Waals surface area contributed by atoms with Crippen molar-refractivity contribution in [1.82, 2.24) is 92.3 Å². The number of hydrogen-bond donors (Lipinski definition) is 11. The third-order valence-corrected chi connectivity index (χ3v) is 32.4. The summed E-state index contributed by atoms with van der Waals surface area (Å²) in [5, 5.41) is 94.7. The van der Waals surface area contributed by atoms with Gasteiger partial charge in [0.2, 0.25) is 53.9 Å². The van der Waals surface area contributed by atoms with E-state index in [4.69, 9.17) is 46.9 Å². The van der Waals surface area contributed by atoms with Crippen molar-refractivity contribution >= 4 is 154 Å². The van der Waals surface area contributed by atoms with Crippen LogP contribution < -0.4 is 26.7 Å². The molecule has 0 atom stereocenters. The van der Waals surface area contributed by atoms with Gasteiger partial charge in [-0.2, -0.15) is 53.2 Å². The normalized spacial score (nSPS) is 21.0. The van der Waals surface area contributed by atoms with Crippen LogP contribution in [-0.4, -0.2) is 250 Å². The van der Waals surface area contributed by atoms with E-state index in [1.54, 1.807) is 39.1 Å². The number of aliphatic hydroxyl groups excluding tert-OH is 4. The first-order valence-electron chi connectivity index (χ1n) is 47.0. The molecule has 35 nitrogen and oxygen atoms in total. The number of rotatable bonds is 28. The zero-order valence-corrected chi connectivity index (χ0v) is 82.1. The average molecular weight is 2030 g/mol. The molecule has 3 aromatic carbocycles. The van der Waals surface area contributed by atoms with Crippen molar-refractivity contribution in [1.29, 1.82) is 0 Å². The molecule has 0 bridgehead atoms. The van der Waals surface area contributed by atoms with Crippen LogP contribution in [0.3, 0.4) is 0 Å². The molecule has 716 valence electrons. The number of aliphatic hydroxyl groups is 4. The van der Waals surface area contributed by atoms with Crippen LogP contribution >= 0.6 is 43.5 Å². The summed E-state index contributed by atoms with van der Waals surface area (Å²) in [6.07, 6.45) is 34.3. The first-order valence-corrected chi connectivity index (χ1v) is 53.4. The molecule has 11 aromatic rings. The lowest BCUT2D eigenvalue weighted by Crippen LogP contribution is -2.31. The van der Waals surface area contributed by atoms with Gasteiger partial charge >= 0.3 is 7.12 Å².